The number of amides is 1. The highest BCUT2D eigenvalue weighted by atomic mass is 16.3. The molecule has 2 aromatic rings. The number of hydrogen-bond donors (Lipinski definition) is 1. The Morgan fingerprint density at radius 2 is 1.84 bits per heavy atom. The van der Waals surface area contributed by atoms with Gasteiger partial charge in [-0.05, 0) is 24.1 Å². The van der Waals surface area contributed by atoms with Crippen LogP contribution in [0.3, 0.4) is 0 Å². The number of benzene rings is 1. The van der Waals surface area contributed by atoms with Crippen LogP contribution in [-0.2, 0) is 16.9 Å². The largest absolute Gasteiger partial charge is 0.385 e. The van der Waals surface area contributed by atoms with Crippen molar-refractivity contribution in [3.8, 4) is 0 Å². The maximum absolute atomic E-state index is 12.6. The van der Waals surface area contributed by atoms with Gasteiger partial charge in [0, 0.05) is 45.1 Å². The number of aliphatic hydroxyl groups is 1. The zero-order valence-electron chi connectivity index (χ0n) is 14.6. The van der Waals surface area contributed by atoms with E-state index in [9.17, 15) is 9.90 Å². The fraction of sp³-hybridized carbons (Fsp3) is 0.400. The molecular formula is C20H25N3O2. The van der Waals surface area contributed by atoms with Crippen molar-refractivity contribution in [3.63, 3.8) is 0 Å². The summed E-state index contributed by atoms with van der Waals surface area (Å²) < 4.78 is 0. The maximum Gasteiger partial charge on any atom is 0.225 e. The molecular weight excluding hydrogens is 314 g/mol. The predicted molar refractivity (Wildman–Crippen MR) is 96.7 cm³/mol. The van der Waals surface area contributed by atoms with Crippen LogP contribution in [-0.4, -0.2) is 52.0 Å². The third kappa shape index (κ3) is 4.65. The molecule has 0 bridgehead atoms. The van der Waals surface area contributed by atoms with Crippen molar-refractivity contribution in [3.05, 3.63) is 66.0 Å². The van der Waals surface area contributed by atoms with Gasteiger partial charge < -0.3 is 10.0 Å². The number of aromatic nitrogens is 1. The number of rotatable bonds is 5. The lowest BCUT2D eigenvalue weighted by Gasteiger charge is -2.36. The average Bonchev–Trinajstić information content (AvgIpc) is 2.63. The van der Waals surface area contributed by atoms with Gasteiger partial charge in [0.05, 0.1) is 12.0 Å². The molecule has 2 heterocycles. The second-order valence-electron chi connectivity index (χ2n) is 6.83. The SMILES string of the molecule is CC(O)(CC(=O)N1CCN(Cc2cccnc2)CC1)c1ccccc1. The molecule has 5 nitrogen and oxygen atoms in total. The lowest BCUT2D eigenvalue weighted by atomic mass is 9.92. The molecule has 1 aliphatic rings. The normalized spacial score (nSPS) is 17.9. The van der Waals surface area contributed by atoms with E-state index >= 15 is 0 Å². The Morgan fingerprint density at radius 3 is 2.48 bits per heavy atom. The van der Waals surface area contributed by atoms with Gasteiger partial charge in [-0.25, -0.2) is 0 Å². The highest BCUT2D eigenvalue weighted by molar-refractivity contribution is 5.77. The van der Waals surface area contributed by atoms with E-state index in [2.05, 4.69) is 16.0 Å². The molecule has 1 atom stereocenters. The molecule has 5 heteroatoms. The number of pyridine rings is 1. The number of carbonyl (C=O) groups is 1. The lowest BCUT2D eigenvalue weighted by molar-refractivity contribution is -0.138. The summed E-state index contributed by atoms with van der Waals surface area (Å²) in [7, 11) is 0. The first-order valence-corrected chi connectivity index (χ1v) is 8.71. The van der Waals surface area contributed by atoms with Crippen LogP contribution in [0.4, 0.5) is 0 Å². The molecule has 1 aromatic carbocycles. The van der Waals surface area contributed by atoms with Crippen LogP contribution in [0.5, 0.6) is 0 Å². The first kappa shape index (κ1) is 17.6. The van der Waals surface area contributed by atoms with Gasteiger partial charge in [-0.1, -0.05) is 36.4 Å². The molecule has 1 N–H and O–H groups in total. The Bertz CT molecular complexity index is 681. The van der Waals surface area contributed by atoms with Crippen molar-refractivity contribution >= 4 is 5.91 Å². The average molecular weight is 339 g/mol. The fourth-order valence-corrected chi connectivity index (χ4v) is 3.21. The van der Waals surface area contributed by atoms with Gasteiger partial charge in [0.2, 0.25) is 5.91 Å². The monoisotopic (exact) mass is 339 g/mol. The molecule has 0 radical (unpaired) electrons. The summed E-state index contributed by atoms with van der Waals surface area (Å²) in [5, 5.41) is 10.7. The van der Waals surface area contributed by atoms with Gasteiger partial charge >= 0.3 is 0 Å². The number of carbonyl (C=O) groups excluding carboxylic acids is 1. The van der Waals surface area contributed by atoms with E-state index in [0.717, 1.165) is 25.2 Å². The molecule has 3 rings (SSSR count). The van der Waals surface area contributed by atoms with E-state index in [-0.39, 0.29) is 12.3 Å². The lowest BCUT2D eigenvalue weighted by Crippen LogP contribution is -2.49. The summed E-state index contributed by atoms with van der Waals surface area (Å²) in [6, 6.07) is 13.4. The topological polar surface area (TPSA) is 56.7 Å². The Kier molecular flexibility index (Phi) is 5.46. The van der Waals surface area contributed by atoms with Gasteiger partial charge in [0.15, 0.2) is 0 Å². The smallest absolute Gasteiger partial charge is 0.225 e. The fourth-order valence-electron chi connectivity index (χ4n) is 3.21. The molecule has 1 fully saturated rings. The van der Waals surface area contributed by atoms with Gasteiger partial charge in [0.1, 0.15) is 0 Å². The van der Waals surface area contributed by atoms with Crippen molar-refractivity contribution in [1.82, 2.24) is 14.8 Å². The first-order valence-electron chi connectivity index (χ1n) is 8.71. The third-order valence-corrected chi connectivity index (χ3v) is 4.75. The van der Waals surface area contributed by atoms with E-state index in [4.69, 9.17) is 0 Å². The molecule has 1 unspecified atom stereocenters. The van der Waals surface area contributed by atoms with Gasteiger partial charge in [-0.15, -0.1) is 0 Å². The Morgan fingerprint density at radius 1 is 1.12 bits per heavy atom. The zero-order valence-corrected chi connectivity index (χ0v) is 14.6. The quantitative estimate of drug-likeness (QED) is 0.905. The molecule has 0 spiro atoms. The second-order valence-corrected chi connectivity index (χ2v) is 6.83. The van der Waals surface area contributed by atoms with Crippen LogP contribution in [0.25, 0.3) is 0 Å². The van der Waals surface area contributed by atoms with Crippen molar-refractivity contribution < 1.29 is 9.90 Å². The van der Waals surface area contributed by atoms with Gasteiger partial charge in [0.25, 0.3) is 0 Å². The number of nitrogens with zero attached hydrogens (tertiary/aromatic N) is 3. The molecule has 0 aliphatic carbocycles. The molecule has 25 heavy (non-hydrogen) atoms. The third-order valence-electron chi connectivity index (χ3n) is 4.75. The molecule has 1 aliphatic heterocycles. The minimum atomic E-state index is -1.13. The molecule has 1 aromatic heterocycles. The van der Waals surface area contributed by atoms with Crippen molar-refractivity contribution in [2.24, 2.45) is 0 Å². The first-order chi connectivity index (χ1) is 12.0. The summed E-state index contributed by atoms with van der Waals surface area (Å²) in [6.07, 6.45) is 3.77. The van der Waals surface area contributed by atoms with Crippen LogP contribution in [0.15, 0.2) is 54.9 Å². The van der Waals surface area contributed by atoms with Crippen LogP contribution in [0, 0.1) is 0 Å². The van der Waals surface area contributed by atoms with E-state index in [1.54, 1.807) is 13.1 Å². The van der Waals surface area contributed by atoms with E-state index in [1.807, 2.05) is 47.5 Å². The maximum atomic E-state index is 12.6. The second kappa shape index (κ2) is 7.76. The van der Waals surface area contributed by atoms with E-state index < -0.39 is 5.60 Å². The van der Waals surface area contributed by atoms with Crippen LogP contribution in [0.1, 0.15) is 24.5 Å². The van der Waals surface area contributed by atoms with E-state index in [1.165, 1.54) is 5.56 Å². The summed E-state index contributed by atoms with van der Waals surface area (Å²) in [5.41, 5.74) is 0.832. The molecule has 1 amide bonds. The van der Waals surface area contributed by atoms with Gasteiger partial charge in [-0.3, -0.25) is 14.7 Å². The number of piperazine rings is 1. The van der Waals surface area contributed by atoms with E-state index in [0.29, 0.717) is 13.1 Å². The van der Waals surface area contributed by atoms with Crippen molar-refractivity contribution in [2.45, 2.75) is 25.5 Å². The van der Waals surface area contributed by atoms with Crippen LogP contribution in [0.2, 0.25) is 0 Å². The zero-order chi connectivity index (χ0) is 17.7. The summed E-state index contributed by atoms with van der Waals surface area (Å²) in [4.78, 5) is 20.9. The Balaban J connectivity index is 1.51. The van der Waals surface area contributed by atoms with Crippen molar-refractivity contribution in [2.75, 3.05) is 26.2 Å². The summed E-state index contributed by atoms with van der Waals surface area (Å²) >= 11 is 0. The van der Waals surface area contributed by atoms with Crippen LogP contribution < -0.4 is 0 Å². The molecule has 132 valence electrons. The highest BCUT2D eigenvalue weighted by Gasteiger charge is 2.30. The highest BCUT2D eigenvalue weighted by Crippen LogP contribution is 2.25. The minimum Gasteiger partial charge on any atom is -0.385 e. The molecule has 1 saturated heterocycles. The standard InChI is InChI=1S/C20H25N3O2/c1-20(25,18-7-3-2-4-8-18)14-19(24)23-12-10-22(11-13-23)16-17-6-5-9-21-15-17/h2-9,15,25H,10-14,16H2,1H3. The number of hydrogen-bond acceptors (Lipinski definition) is 4. The predicted octanol–water partition coefficient (Wildman–Crippen LogP) is 2.02. The minimum absolute atomic E-state index is 0.00915. The Hall–Kier alpha value is -2.24. The van der Waals surface area contributed by atoms with Crippen LogP contribution >= 0.6 is 0 Å². The van der Waals surface area contributed by atoms with Gasteiger partial charge in [-0.2, -0.15) is 0 Å². The summed E-state index contributed by atoms with van der Waals surface area (Å²) in [5.74, 6) is 0.00915. The summed E-state index contributed by atoms with van der Waals surface area (Å²) in [6.45, 7) is 5.65. The Labute approximate surface area is 148 Å². The molecule has 0 saturated carbocycles. The van der Waals surface area contributed by atoms with Crippen molar-refractivity contribution in [1.29, 1.82) is 0 Å².